The first-order valence-corrected chi connectivity index (χ1v) is 4.47. The molecule has 3 nitrogen and oxygen atoms in total. The molecule has 0 spiro atoms. The van der Waals surface area contributed by atoms with E-state index >= 15 is 0 Å². The second-order valence-electron chi connectivity index (χ2n) is 3.13. The van der Waals surface area contributed by atoms with Crippen LogP contribution in [0.25, 0.3) is 0 Å². The molecule has 0 aliphatic carbocycles. The van der Waals surface area contributed by atoms with Crippen LogP contribution in [0, 0.1) is 5.82 Å². The Balaban J connectivity index is 2.83. The van der Waals surface area contributed by atoms with Crippen LogP contribution in [0.4, 0.5) is 10.1 Å². The molecule has 0 aliphatic heterocycles. The Bertz CT molecular complexity index is 304. The number of halogens is 1. The molecule has 0 radical (unpaired) electrons. The van der Waals surface area contributed by atoms with E-state index in [1.54, 1.807) is 19.2 Å². The maximum atomic E-state index is 13.2. The number of rotatable bonds is 4. The van der Waals surface area contributed by atoms with Crippen LogP contribution in [0.1, 0.15) is 6.92 Å². The predicted octanol–water partition coefficient (Wildman–Crippen LogP) is 1.59. The topological polar surface area (TPSA) is 47.3 Å². The summed E-state index contributed by atoms with van der Waals surface area (Å²) in [5.41, 5.74) is 5.84. The second-order valence-corrected chi connectivity index (χ2v) is 3.13. The number of ether oxygens (including phenoxy) is 1. The number of hydrogen-bond acceptors (Lipinski definition) is 3. The summed E-state index contributed by atoms with van der Waals surface area (Å²) in [6.45, 7) is 2.34. The summed E-state index contributed by atoms with van der Waals surface area (Å²) < 4.78 is 18.2. The largest absolute Gasteiger partial charge is 0.497 e. The van der Waals surface area contributed by atoms with Crippen LogP contribution in [0.2, 0.25) is 0 Å². The fourth-order valence-electron chi connectivity index (χ4n) is 1.07. The van der Waals surface area contributed by atoms with Crippen molar-refractivity contribution in [2.24, 2.45) is 5.73 Å². The molecule has 0 aromatic heterocycles. The van der Waals surface area contributed by atoms with Crippen molar-refractivity contribution in [3.05, 3.63) is 24.0 Å². The summed E-state index contributed by atoms with van der Waals surface area (Å²) in [5, 5.41) is 2.95. The van der Waals surface area contributed by atoms with Crippen molar-refractivity contribution in [1.29, 1.82) is 0 Å². The molecule has 1 rings (SSSR count). The summed E-state index contributed by atoms with van der Waals surface area (Å²) in [4.78, 5) is 0. The molecule has 0 fully saturated rings. The smallest absolute Gasteiger partial charge is 0.146 e. The number of hydrogen-bond donors (Lipinski definition) is 2. The van der Waals surface area contributed by atoms with Gasteiger partial charge in [0, 0.05) is 18.7 Å². The zero-order chi connectivity index (χ0) is 10.6. The Kier molecular flexibility index (Phi) is 3.71. The van der Waals surface area contributed by atoms with Gasteiger partial charge in [0.25, 0.3) is 0 Å². The van der Waals surface area contributed by atoms with Gasteiger partial charge < -0.3 is 15.8 Å². The Morgan fingerprint density at radius 2 is 2.29 bits per heavy atom. The van der Waals surface area contributed by atoms with Crippen molar-refractivity contribution in [3.63, 3.8) is 0 Å². The summed E-state index contributed by atoms with van der Waals surface area (Å²) in [6.07, 6.45) is 0. The average Bonchev–Trinajstić information content (AvgIpc) is 2.21. The standard InChI is InChI=1S/C10H15FN2O/c1-7(6-12)13-10-5-8(14-2)3-4-9(10)11/h3-5,7,13H,6,12H2,1-2H3. The summed E-state index contributed by atoms with van der Waals surface area (Å²) in [5.74, 6) is 0.323. The summed E-state index contributed by atoms with van der Waals surface area (Å²) in [7, 11) is 1.55. The lowest BCUT2D eigenvalue weighted by Gasteiger charge is -2.14. The lowest BCUT2D eigenvalue weighted by Crippen LogP contribution is -2.25. The van der Waals surface area contributed by atoms with Crippen LogP contribution in [-0.4, -0.2) is 19.7 Å². The van der Waals surface area contributed by atoms with Crippen molar-refractivity contribution in [2.75, 3.05) is 19.0 Å². The van der Waals surface area contributed by atoms with Crippen molar-refractivity contribution in [3.8, 4) is 5.75 Å². The van der Waals surface area contributed by atoms with Gasteiger partial charge in [-0.2, -0.15) is 0 Å². The van der Waals surface area contributed by atoms with Crippen LogP contribution in [0.15, 0.2) is 18.2 Å². The predicted molar refractivity (Wildman–Crippen MR) is 55.1 cm³/mol. The molecule has 0 heterocycles. The molecule has 1 aromatic rings. The maximum absolute atomic E-state index is 13.2. The van der Waals surface area contributed by atoms with Crippen LogP contribution in [0.3, 0.4) is 0 Å². The quantitative estimate of drug-likeness (QED) is 0.772. The number of anilines is 1. The number of nitrogens with one attached hydrogen (secondary N) is 1. The minimum absolute atomic E-state index is 0.0385. The van der Waals surface area contributed by atoms with Gasteiger partial charge in [-0.25, -0.2) is 4.39 Å². The van der Waals surface area contributed by atoms with Crippen molar-refractivity contribution in [1.82, 2.24) is 0 Å². The molecule has 0 aliphatic rings. The average molecular weight is 198 g/mol. The van der Waals surface area contributed by atoms with Gasteiger partial charge in [-0.05, 0) is 19.1 Å². The van der Waals surface area contributed by atoms with Gasteiger partial charge in [-0.15, -0.1) is 0 Å². The third-order valence-electron chi connectivity index (χ3n) is 1.93. The lowest BCUT2D eigenvalue weighted by molar-refractivity contribution is 0.414. The SMILES string of the molecule is COc1ccc(F)c(NC(C)CN)c1. The van der Waals surface area contributed by atoms with Gasteiger partial charge in [0.2, 0.25) is 0 Å². The molecule has 1 aromatic carbocycles. The van der Waals surface area contributed by atoms with E-state index < -0.39 is 0 Å². The van der Waals surface area contributed by atoms with E-state index in [0.717, 1.165) is 0 Å². The Labute approximate surface area is 83.1 Å². The van der Waals surface area contributed by atoms with E-state index in [2.05, 4.69) is 5.32 Å². The highest BCUT2D eigenvalue weighted by Crippen LogP contribution is 2.21. The van der Waals surface area contributed by atoms with Crippen LogP contribution < -0.4 is 15.8 Å². The highest BCUT2D eigenvalue weighted by atomic mass is 19.1. The maximum Gasteiger partial charge on any atom is 0.146 e. The van der Waals surface area contributed by atoms with Crippen LogP contribution in [-0.2, 0) is 0 Å². The molecule has 0 saturated heterocycles. The van der Waals surface area contributed by atoms with Gasteiger partial charge in [0.1, 0.15) is 11.6 Å². The second kappa shape index (κ2) is 4.81. The highest BCUT2D eigenvalue weighted by Gasteiger charge is 2.06. The van der Waals surface area contributed by atoms with Crippen LogP contribution in [0.5, 0.6) is 5.75 Å². The summed E-state index contributed by atoms with van der Waals surface area (Å²) in [6, 6.07) is 4.59. The van der Waals surface area contributed by atoms with E-state index in [1.807, 2.05) is 6.92 Å². The van der Waals surface area contributed by atoms with Gasteiger partial charge in [0.15, 0.2) is 0 Å². The van der Waals surface area contributed by atoms with Gasteiger partial charge in [-0.3, -0.25) is 0 Å². The van der Waals surface area contributed by atoms with Gasteiger partial charge >= 0.3 is 0 Å². The first kappa shape index (κ1) is 10.8. The molecule has 78 valence electrons. The number of nitrogens with two attached hydrogens (primary N) is 1. The lowest BCUT2D eigenvalue weighted by atomic mass is 10.2. The fraction of sp³-hybridized carbons (Fsp3) is 0.400. The van der Waals surface area contributed by atoms with Crippen molar-refractivity contribution < 1.29 is 9.13 Å². The number of benzene rings is 1. The van der Waals surface area contributed by atoms with E-state index in [1.165, 1.54) is 6.07 Å². The Morgan fingerprint density at radius 1 is 1.57 bits per heavy atom. The molecule has 0 saturated carbocycles. The molecular formula is C10H15FN2O. The van der Waals surface area contributed by atoms with E-state index in [4.69, 9.17) is 10.5 Å². The molecule has 0 amide bonds. The molecular weight excluding hydrogens is 183 g/mol. The van der Waals surface area contributed by atoms with Crippen LogP contribution >= 0.6 is 0 Å². The zero-order valence-corrected chi connectivity index (χ0v) is 8.38. The minimum atomic E-state index is -0.300. The van der Waals surface area contributed by atoms with Gasteiger partial charge in [-0.1, -0.05) is 0 Å². The van der Waals surface area contributed by atoms with E-state index in [0.29, 0.717) is 18.0 Å². The first-order chi connectivity index (χ1) is 6.67. The third-order valence-corrected chi connectivity index (χ3v) is 1.93. The monoisotopic (exact) mass is 198 g/mol. The summed E-state index contributed by atoms with van der Waals surface area (Å²) >= 11 is 0. The Morgan fingerprint density at radius 3 is 2.86 bits per heavy atom. The molecule has 1 atom stereocenters. The molecule has 14 heavy (non-hydrogen) atoms. The minimum Gasteiger partial charge on any atom is -0.497 e. The third kappa shape index (κ3) is 2.60. The molecule has 1 unspecified atom stereocenters. The molecule has 0 bridgehead atoms. The fourth-order valence-corrected chi connectivity index (χ4v) is 1.07. The first-order valence-electron chi connectivity index (χ1n) is 4.47. The number of methoxy groups -OCH3 is 1. The molecule has 4 heteroatoms. The van der Waals surface area contributed by atoms with E-state index in [-0.39, 0.29) is 11.9 Å². The van der Waals surface area contributed by atoms with Crippen molar-refractivity contribution >= 4 is 5.69 Å². The van der Waals surface area contributed by atoms with E-state index in [9.17, 15) is 4.39 Å². The molecule has 3 N–H and O–H groups in total. The zero-order valence-electron chi connectivity index (χ0n) is 8.38. The van der Waals surface area contributed by atoms with Gasteiger partial charge in [0.05, 0.1) is 12.8 Å². The Hall–Kier alpha value is -1.29. The normalized spacial score (nSPS) is 12.3. The highest BCUT2D eigenvalue weighted by molar-refractivity contribution is 5.50. The van der Waals surface area contributed by atoms with Crippen molar-refractivity contribution in [2.45, 2.75) is 13.0 Å².